The molecule has 1 fully saturated rings. The molecule has 1 amide bonds. The first-order valence-electron chi connectivity index (χ1n) is 9.39. The first-order valence-corrected chi connectivity index (χ1v) is 10.4. The molecule has 3 heterocycles. The number of carbonyl (C=O) groups excluding carboxylic acids is 1. The maximum Gasteiger partial charge on any atom is 0.417 e. The van der Waals surface area contributed by atoms with Crippen molar-refractivity contribution in [2.75, 3.05) is 24.3 Å². The Morgan fingerprint density at radius 3 is 2.81 bits per heavy atom. The molecule has 2 aliphatic heterocycles. The Hall–Kier alpha value is -2.66. The van der Waals surface area contributed by atoms with Gasteiger partial charge in [0.15, 0.2) is 5.17 Å². The number of halogens is 4. The van der Waals surface area contributed by atoms with Gasteiger partial charge in [-0.2, -0.15) is 13.2 Å². The Labute approximate surface area is 179 Å². The van der Waals surface area contributed by atoms with E-state index in [4.69, 9.17) is 10.5 Å². The van der Waals surface area contributed by atoms with Crippen LogP contribution in [0.15, 0.2) is 41.5 Å². The zero-order chi connectivity index (χ0) is 22.2. The number of amides is 1. The fourth-order valence-corrected chi connectivity index (χ4v) is 4.80. The van der Waals surface area contributed by atoms with E-state index < -0.39 is 29.0 Å². The second-order valence-electron chi connectivity index (χ2n) is 7.30. The van der Waals surface area contributed by atoms with Crippen molar-refractivity contribution < 1.29 is 27.1 Å². The number of nitrogens with zero attached hydrogens (tertiary/aromatic N) is 2. The van der Waals surface area contributed by atoms with E-state index in [1.807, 2.05) is 0 Å². The van der Waals surface area contributed by atoms with Gasteiger partial charge in [-0.05, 0) is 36.8 Å². The van der Waals surface area contributed by atoms with Crippen molar-refractivity contribution in [3.05, 3.63) is 59.2 Å². The summed E-state index contributed by atoms with van der Waals surface area (Å²) < 4.78 is 58.5. The molecular formula is C20H18F4N4O2S. The van der Waals surface area contributed by atoms with E-state index in [2.05, 4.69) is 15.3 Å². The average Bonchev–Trinajstić information content (AvgIpc) is 2.74. The molecule has 0 unspecified atom stereocenters. The van der Waals surface area contributed by atoms with Crippen LogP contribution in [0.4, 0.5) is 23.2 Å². The molecule has 3 N–H and O–H groups in total. The van der Waals surface area contributed by atoms with Crippen molar-refractivity contribution >= 4 is 28.5 Å². The molecule has 0 spiro atoms. The molecule has 0 saturated carbocycles. The van der Waals surface area contributed by atoms with Crippen LogP contribution in [0.3, 0.4) is 0 Å². The van der Waals surface area contributed by atoms with E-state index >= 15 is 0 Å². The van der Waals surface area contributed by atoms with E-state index in [1.165, 1.54) is 30.0 Å². The zero-order valence-corrected chi connectivity index (χ0v) is 16.9. The van der Waals surface area contributed by atoms with Crippen LogP contribution in [-0.4, -0.2) is 35.0 Å². The first kappa shape index (κ1) is 21.6. The topological polar surface area (TPSA) is 89.6 Å². The predicted octanol–water partition coefficient (Wildman–Crippen LogP) is 3.79. The lowest BCUT2D eigenvalue weighted by atomic mass is 9.76. The molecule has 1 saturated heterocycles. The van der Waals surface area contributed by atoms with Crippen LogP contribution in [0.1, 0.15) is 28.0 Å². The smallest absolute Gasteiger partial charge is 0.379 e. The standard InChI is InChI=1S/C20H18F4N4O2S/c21-15-3-2-13(27-17(29)16-4-1-11(8-26-16)20(22,23)24)7-14(15)19-10-30-6-5-12(19)9-31-18(25)28-19/h1-4,7-8,12H,5-6,9-10H2,(H2,25,28)(H,27,29)/t12-,19-/m0/s1. The van der Waals surface area contributed by atoms with Crippen LogP contribution in [0.25, 0.3) is 0 Å². The number of nitrogens with two attached hydrogens (primary N) is 1. The lowest BCUT2D eigenvalue weighted by Gasteiger charge is -2.43. The number of aromatic nitrogens is 1. The lowest BCUT2D eigenvalue weighted by Crippen LogP contribution is -2.48. The summed E-state index contributed by atoms with van der Waals surface area (Å²) in [5, 5.41) is 2.89. The molecular weight excluding hydrogens is 436 g/mol. The minimum atomic E-state index is -4.55. The highest BCUT2D eigenvalue weighted by Gasteiger charge is 2.47. The molecule has 1 aromatic carbocycles. The van der Waals surface area contributed by atoms with E-state index in [0.717, 1.165) is 12.1 Å². The number of pyridine rings is 1. The number of thioether (sulfide) groups is 1. The number of amidine groups is 1. The van der Waals surface area contributed by atoms with Crippen LogP contribution in [0.2, 0.25) is 0 Å². The average molecular weight is 454 g/mol. The van der Waals surface area contributed by atoms with E-state index in [1.54, 1.807) is 0 Å². The van der Waals surface area contributed by atoms with Crippen molar-refractivity contribution in [2.24, 2.45) is 16.6 Å². The van der Waals surface area contributed by atoms with Crippen LogP contribution in [0.5, 0.6) is 0 Å². The Morgan fingerprint density at radius 1 is 1.29 bits per heavy atom. The quantitative estimate of drug-likeness (QED) is 0.689. The van der Waals surface area contributed by atoms with Gasteiger partial charge in [0, 0.05) is 35.7 Å². The summed E-state index contributed by atoms with van der Waals surface area (Å²) in [7, 11) is 0. The number of alkyl halides is 3. The van der Waals surface area contributed by atoms with Gasteiger partial charge in [0.1, 0.15) is 17.1 Å². The summed E-state index contributed by atoms with van der Waals surface area (Å²) >= 11 is 1.41. The van der Waals surface area contributed by atoms with Gasteiger partial charge in [0.25, 0.3) is 5.91 Å². The zero-order valence-electron chi connectivity index (χ0n) is 16.1. The van der Waals surface area contributed by atoms with Gasteiger partial charge in [0.2, 0.25) is 0 Å². The van der Waals surface area contributed by atoms with Crippen LogP contribution in [-0.2, 0) is 16.5 Å². The third-order valence-electron chi connectivity index (χ3n) is 5.36. The van der Waals surface area contributed by atoms with Gasteiger partial charge in [-0.1, -0.05) is 11.8 Å². The number of hydrogen-bond donors (Lipinski definition) is 2. The normalized spacial score (nSPS) is 23.6. The van der Waals surface area contributed by atoms with E-state index in [-0.39, 0.29) is 29.5 Å². The molecule has 0 radical (unpaired) electrons. The Balaban J connectivity index is 1.62. The predicted molar refractivity (Wildman–Crippen MR) is 108 cm³/mol. The van der Waals surface area contributed by atoms with Gasteiger partial charge in [0.05, 0.1) is 12.2 Å². The Bertz CT molecular complexity index is 1030. The van der Waals surface area contributed by atoms with Crippen molar-refractivity contribution in [3.8, 4) is 0 Å². The summed E-state index contributed by atoms with van der Waals surface area (Å²) in [4.78, 5) is 20.6. The second kappa shape index (κ2) is 8.12. The number of benzene rings is 1. The minimum Gasteiger partial charge on any atom is -0.379 e. The first-order chi connectivity index (χ1) is 14.7. The Kier molecular flexibility index (Phi) is 5.65. The Morgan fingerprint density at radius 2 is 2.10 bits per heavy atom. The van der Waals surface area contributed by atoms with Crippen LogP contribution >= 0.6 is 11.8 Å². The number of fused-ring (bicyclic) bond motifs is 1. The fourth-order valence-electron chi connectivity index (χ4n) is 3.75. The summed E-state index contributed by atoms with van der Waals surface area (Å²) in [6.45, 7) is 0.702. The molecule has 0 bridgehead atoms. The molecule has 4 rings (SSSR count). The molecule has 2 aliphatic rings. The number of nitrogens with one attached hydrogen (secondary N) is 1. The van der Waals surface area contributed by atoms with Crippen molar-refractivity contribution in [1.29, 1.82) is 0 Å². The molecule has 11 heteroatoms. The fraction of sp³-hybridized carbons (Fsp3) is 0.350. The molecule has 6 nitrogen and oxygen atoms in total. The molecule has 2 aromatic rings. The number of ether oxygens (including phenoxy) is 1. The van der Waals surface area contributed by atoms with E-state index in [0.29, 0.717) is 30.1 Å². The third-order valence-corrected chi connectivity index (χ3v) is 6.32. The van der Waals surface area contributed by atoms with Gasteiger partial charge < -0.3 is 15.8 Å². The van der Waals surface area contributed by atoms with Crippen molar-refractivity contribution in [2.45, 2.75) is 18.1 Å². The second-order valence-corrected chi connectivity index (χ2v) is 8.34. The van der Waals surface area contributed by atoms with Gasteiger partial charge in [-0.25, -0.2) is 9.38 Å². The highest BCUT2D eigenvalue weighted by atomic mass is 32.2. The largest absolute Gasteiger partial charge is 0.417 e. The maximum atomic E-state index is 14.9. The van der Waals surface area contributed by atoms with Crippen molar-refractivity contribution in [1.82, 2.24) is 4.98 Å². The number of anilines is 1. The number of aliphatic imine (C=N–C) groups is 1. The summed E-state index contributed by atoms with van der Waals surface area (Å²) in [6.07, 6.45) is -3.27. The lowest BCUT2D eigenvalue weighted by molar-refractivity contribution is -0.137. The highest BCUT2D eigenvalue weighted by molar-refractivity contribution is 8.13. The summed E-state index contributed by atoms with van der Waals surface area (Å²) in [5.74, 6) is -0.549. The van der Waals surface area contributed by atoms with Gasteiger partial charge in [-0.15, -0.1) is 0 Å². The van der Waals surface area contributed by atoms with Crippen LogP contribution < -0.4 is 11.1 Å². The summed E-state index contributed by atoms with van der Waals surface area (Å²) in [6, 6.07) is 5.79. The maximum absolute atomic E-state index is 14.9. The highest BCUT2D eigenvalue weighted by Crippen LogP contribution is 2.45. The van der Waals surface area contributed by atoms with Crippen molar-refractivity contribution in [3.63, 3.8) is 0 Å². The molecule has 1 aromatic heterocycles. The van der Waals surface area contributed by atoms with Crippen LogP contribution in [0, 0.1) is 11.7 Å². The van der Waals surface area contributed by atoms with E-state index in [9.17, 15) is 22.4 Å². The molecule has 164 valence electrons. The third kappa shape index (κ3) is 4.24. The SMILES string of the molecule is NC1=N[C@@]2(c3cc(NC(=O)c4ccc(C(F)(F)F)cn4)ccc3F)COCC[C@H]2CS1. The molecule has 2 atom stereocenters. The molecule has 0 aliphatic carbocycles. The van der Waals surface area contributed by atoms with Gasteiger partial charge >= 0.3 is 6.18 Å². The number of hydrogen-bond acceptors (Lipinski definition) is 6. The van der Waals surface area contributed by atoms with Gasteiger partial charge in [-0.3, -0.25) is 9.78 Å². The summed E-state index contributed by atoms with van der Waals surface area (Å²) in [5.41, 5.74) is 4.28. The monoisotopic (exact) mass is 454 g/mol. The number of rotatable bonds is 3. The number of carbonyl (C=O) groups is 1. The minimum absolute atomic E-state index is 0.00980. The molecule has 31 heavy (non-hydrogen) atoms.